The number of nitrogens with one attached hydrogen (secondary N) is 1. The van der Waals surface area contributed by atoms with E-state index in [0.29, 0.717) is 19.8 Å². The van der Waals surface area contributed by atoms with Gasteiger partial charge in [0.05, 0.1) is 25.3 Å². The van der Waals surface area contributed by atoms with E-state index in [0.717, 1.165) is 30.9 Å². The van der Waals surface area contributed by atoms with Crippen LogP contribution in [0, 0.1) is 6.92 Å². The van der Waals surface area contributed by atoms with Crippen molar-refractivity contribution in [2.45, 2.75) is 26.0 Å². The smallest absolute Gasteiger partial charge is 0.237 e. The van der Waals surface area contributed by atoms with Crippen LogP contribution in [0.1, 0.15) is 12.5 Å². The van der Waals surface area contributed by atoms with Crippen LogP contribution < -0.4 is 10.1 Å². The summed E-state index contributed by atoms with van der Waals surface area (Å²) in [6.45, 7) is 8.07. The van der Waals surface area contributed by atoms with Gasteiger partial charge in [0.15, 0.2) is 0 Å². The Labute approximate surface area is 151 Å². The number of likely N-dealkylation sites (N-methyl/N-ethyl adjacent to an activating group) is 1. The third-order valence-electron chi connectivity index (χ3n) is 4.33. The SMILES string of the molecule is Cc1cccc(OCCNC(=O)[C@@H](C)N2CCO[C@H](CN(C)C)C2)c1. The van der Waals surface area contributed by atoms with Crippen LogP contribution in [0.3, 0.4) is 0 Å². The van der Waals surface area contributed by atoms with Crippen LogP contribution in [0.25, 0.3) is 0 Å². The number of benzene rings is 1. The maximum Gasteiger partial charge on any atom is 0.237 e. The zero-order valence-electron chi connectivity index (χ0n) is 15.8. The molecule has 0 aliphatic carbocycles. The molecule has 0 aromatic heterocycles. The minimum Gasteiger partial charge on any atom is -0.492 e. The van der Waals surface area contributed by atoms with Crippen LogP contribution in [0.5, 0.6) is 5.75 Å². The number of hydrogen-bond acceptors (Lipinski definition) is 5. The Bertz CT molecular complexity index is 550. The summed E-state index contributed by atoms with van der Waals surface area (Å²) >= 11 is 0. The van der Waals surface area contributed by atoms with Gasteiger partial charge < -0.3 is 19.7 Å². The molecule has 1 aliphatic rings. The minimum atomic E-state index is -0.160. The van der Waals surface area contributed by atoms with Gasteiger partial charge in [-0.15, -0.1) is 0 Å². The lowest BCUT2D eigenvalue weighted by molar-refractivity contribution is -0.129. The number of nitrogens with zero attached hydrogens (tertiary/aromatic N) is 2. The first-order valence-electron chi connectivity index (χ1n) is 8.93. The second kappa shape index (κ2) is 9.75. The lowest BCUT2D eigenvalue weighted by atomic mass is 10.2. The van der Waals surface area contributed by atoms with Crippen molar-refractivity contribution in [3.05, 3.63) is 29.8 Å². The van der Waals surface area contributed by atoms with Gasteiger partial charge in [0.1, 0.15) is 12.4 Å². The number of amides is 1. The van der Waals surface area contributed by atoms with Crippen molar-refractivity contribution in [2.75, 3.05) is 53.5 Å². The van der Waals surface area contributed by atoms with E-state index in [1.165, 1.54) is 0 Å². The molecule has 0 bridgehead atoms. The maximum atomic E-state index is 12.4. The average molecular weight is 349 g/mol. The van der Waals surface area contributed by atoms with E-state index >= 15 is 0 Å². The lowest BCUT2D eigenvalue weighted by Gasteiger charge is -2.37. The van der Waals surface area contributed by atoms with Gasteiger partial charge in [-0.1, -0.05) is 12.1 Å². The highest BCUT2D eigenvalue weighted by Crippen LogP contribution is 2.12. The summed E-state index contributed by atoms with van der Waals surface area (Å²) in [5.74, 6) is 0.875. The quantitative estimate of drug-likeness (QED) is 0.714. The molecule has 1 fully saturated rings. The zero-order valence-corrected chi connectivity index (χ0v) is 15.8. The molecule has 0 saturated carbocycles. The van der Waals surface area contributed by atoms with Gasteiger partial charge in [-0.2, -0.15) is 0 Å². The first kappa shape index (κ1) is 19.7. The molecule has 2 rings (SSSR count). The normalized spacial score (nSPS) is 19.6. The van der Waals surface area contributed by atoms with E-state index in [9.17, 15) is 4.79 Å². The fourth-order valence-electron chi connectivity index (χ4n) is 2.97. The molecule has 0 unspecified atom stereocenters. The van der Waals surface area contributed by atoms with E-state index in [2.05, 4.69) is 15.1 Å². The number of hydrogen-bond donors (Lipinski definition) is 1. The molecule has 6 nitrogen and oxygen atoms in total. The van der Waals surface area contributed by atoms with Crippen molar-refractivity contribution in [1.82, 2.24) is 15.1 Å². The first-order valence-corrected chi connectivity index (χ1v) is 8.93. The Morgan fingerprint density at radius 1 is 1.48 bits per heavy atom. The predicted molar refractivity (Wildman–Crippen MR) is 99.0 cm³/mol. The maximum absolute atomic E-state index is 12.4. The molecule has 0 radical (unpaired) electrons. The number of morpholine rings is 1. The standard InChI is InChI=1S/C19H31N3O3/c1-15-6-5-7-17(12-15)24-10-8-20-19(23)16(2)22-9-11-25-18(14-22)13-21(3)4/h5-7,12,16,18H,8-11,13-14H2,1-4H3,(H,20,23)/t16-,18-/m1/s1. The van der Waals surface area contributed by atoms with Gasteiger partial charge in [-0.05, 0) is 45.6 Å². The molecule has 1 aromatic carbocycles. The van der Waals surface area contributed by atoms with Crippen LogP contribution in [0.2, 0.25) is 0 Å². The summed E-state index contributed by atoms with van der Waals surface area (Å²) in [6.07, 6.45) is 0.156. The minimum absolute atomic E-state index is 0.0401. The summed E-state index contributed by atoms with van der Waals surface area (Å²) in [6, 6.07) is 7.75. The van der Waals surface area contributed by atoms with E-state index in [-0.39, 0.29) is 18.1 Å². The molecule has 0 spiro atoms. The van der Waals surface area contributed by atoms with Gasteiger partial charge in [0.2, 0.25) is 5.91 Å². The van der Waals surface area contributed by atoms with Crippen LogP contribution >= 0.6 is 0 Å². The largest absolute Gasteiger partial charge is 0.492 e. The van der Waals surface area contributed by atoms with Crippen LogP contribution in [-0.2, 0) is 9.53 Å². The van der Waals surface area contributed by atoms with Crippen molar-refractivity contribution in [3.63, 3.8) is 0 Å². The number of ether oxygens (including phenoxy) is 2. The average Bonchev–Trinajstić information content (AvgIpc) is 2.57. The Kier molecular flexibility index (Phi) is 7.68. The van der Waals surface area contributed by atoms with Gasteiger partial charge in [0, 0.05) is 19.6 Å². The second-order valence-corrected chi connectivity index (χ2v) is 6.88. The highest BCUT2D eigenvalue weighted by Gasteiger charge is 2.27. The number of carbonyl (C=O) groups is 1. The monoisotopic (exact) mass is 349 g/mol. The highest BCUT2D eigenvalue weighted by molar-refractivity contribution is 5.81. The van der Waals surface area contributed by atoms with E-state index in [4.69, 9.17) is 9.47 Å². The van der Waals surface area contributed by atoms with E-state index < -0.39 is 0 Å². The topological polar surface area (TPSA) is 54.0 Å². The fourth-order valence-corrected chi connectivity index (χ4v) is 2.97. The zero-order chi connectivity index (χ0) is 18.2. The predicted octanol–water partition coefficient (Wildman–Crippen LogP) is 1.14. The van der Waals surface area contributed by atoms with Gasteiger partial charge in [-0.25, -0.2) is 0 Å². The van der Waals surface area contributed by atoms with Crippen LogP contribution in [-0.4, -0.2) is 81.3 Å². The van der Waals surface area contributed by atoms with Crippen molar-refractivity contribution < 1.29 is 14.3 Å². The summed E-state index contributed by atoms with van der Waals surface area (Å²) in [5, 5.41) is 2.96. The van der Waals surface area contributed by atoms with E-state index in [1.807, 2.05) is 52.2 Å². The third-order valence-corrected chi connectivity index (χ3v) is 4.33. The molecular formula is C19H31N3O3. The van der Waals surface area contributed by atoms with Crippen molar-refractivity contribution in [3.8, 4) is 5.75 Å². The Morgan fingerprint density at radius 2 is 2.28 bits per heavy atom. The van der Waals surface area contributed by atoms with Crippen molar-refractivity contribution in [2.24, 2.45) is 0 Å². The molecule has 1 N–H and O–H groups in total. The molecule has 1 aliphatic heterocycles. The molecule has 140 valence electrons. The second-order valence-electron chi connectivity index (χ2n) is 6.88. The Balaban J connectivity index is 1.70. The molecule has 25 heavy (non-hydrogen) atoms. The fraction of sp³-hybridized carbons (Fsp3) is 0.632. The summed E-state index contributed by atoms with van der Waals surface area (Å²) < 4.78 is 11.4. The third kappa shape index (κ3) is 6.65. The molecule has 2 atom stereocenters. The van der Waals surface area contributed by atoms with Crippen LogP contribution in [0.4, 0.5) is 0 Å². The Morgan fingerprint density at radius 3 is 3.00 bits per heavy atom. The highest BCUT2D eigenvalue weighted by atomic mass is 16.5. The van der Waals surface area contributed by atoms with Crippen LogP contribution in [0.15, 0.2) is 24.3 Å². The van der Waals surface area contributed by atoms with E-state index in [1.54, 1.807) is 0 Å². The van der Waals surface area contributed by atoms with Gasteiger partial charge >= 0.3 is 0 Å². The molecule has 1 aromatic rings. The van der Waals surface area contributed by atoms with Crippen molar-refractivity contribution >= 4 is 5.91 Å². The molecule has 6 heteroatoms. The lowest BCUT2D eigenvalue weighted by Crippen LogP contribution is -2.54. The number of carbonyl (C=O) groups excluding carboxylic acids is 1. The summed E-state index contributed by atoms with van der Waals surface area (Å²) in [4.78, 5) is 16.7. The summed E-state index contributed by atoms with van der Waals surface area (Å²) in [5.41, 5.74) is 1.16. The molecule has 1 amide bonds. The molecular weight excluding hydrogens is 318 g/mol. The number of aryl methyl sites for hydroxylation is 1. The summed E-state index contributed by atoms with van der Waals surface area (Å²) in [7, 11) is 4.07. The first-order chi connectivity index (χ1) is 12.0. The van der Waals surface area contributed by atoms with Gasteiger partial charge in [-0.3, -0.25) is 9.69 Å². The van der Waals surface area contributed by atoms with Gasteiger partial charge in [0.25, 0.3) is 0 Å². The van der Waals surface area contributed by atoms with Crippen molar-refractivity contribution in [1.29, 1.82) is 0 Å². The molecule has 1 saturated heterocycles. The molecule has 1 heterocycles. The Hall–Kier alpha value is -1.63. The number of rotatable bonds is 8.